The fraction of sp³-hybridized carbons (Fsp3) is 0.706. The van der Waals surface area contributed by atoms with Gasteiger partial charge in [0.05, 0.1) is 7.11 Å². The molecule has 110 valence electrons. The van der Waals surface area contributed by atoms with E-state index in [1.54, 1.807) is 13.3 Å². The number of fused-ring (bicyclic) bond motifs is 1. The van der Waals surface area contributed by atoms with E-state index in [-0.39, 0.29) is 0 Å². The van der Waals surface area contributed by atoms with Gasteiger partial charge in [-0.05, 0) is 49.1 Å². The van der Waals surface area contributed by atoms with Crippen molar-refractivity contribution in [3.8, 4) is 5.75 Å². The lowest BCUT2D eigenvalue weighted by atomic mass is 9.66. The van der Waals surface area contributed by atoms with Crippen molar-refractivity contribution in [1.82, 2.24) is 4.98 Å². The third-order valence-electron chi connectivity index (χ3n) is 5.33. The topological polar surface area (TPSA) is 42.4 Å². The van der Waals surface area contributed by atoms with Crippen LogP contribution in [0.15, 0.2) is 18.3 Å². The second kappa shape index (κ2) is 6.13. The first kappa shape index (κ1) is 13.9. The molecule has 1 heterocycles. The van der Waals surface area contributed by atoms with E-state index in [0.717, 1.165) is 24.7 Å². The predicted octanol–water partition coefficient (Wildman–Crippen LogP) is 3.73. The molecule has 2 aliphatic carbocycles. The van der Waals surface area contributed by atoms with Crippen molar-refractivity contribution in [2.45, 2.75) is 51.0 Å². The molecule has 0 radical (unpaired) electrons. The van der Waals surface area contributed by atoms with Crippen LogP contribution in [-0.4, -0.2) is 17.2 Å². The molecular formula is C17H25NO2. The van der Waals surface area contributed by atoms with Crippen LogP contribution in [0.3, 0.4) is 0 Å². The zero-order valence-corrected chi connectivity index (χ0v) is 12.3. The lowest BCUT2D eigenvalue weighted by molar-refractivity contribution is 0.0312. The molecule has 0 spiro atoms. The second-order valence-electron chi connectivity index (χ2n) is 6.41. The lowest BCUT2D eigenvalue weighted by Gasteiger charge is -2.40. The van der Waals surface area contributed by atoms with Gasteiger partial charge in [-0.15, -0.1) is 0 Å². The van der Waals surface area contributed by atoms with Crippen LogP contribution < -0.4 is 4.74 Å². The van der Waals surface area contributed by atoms with Crippen molar-refractivity contribution in [3.63, 3.8) is 0 Å². The number of pyridine rings is 1. The van der Waals surface area contributed by atoms with E-state index >= 15 is 0 Å². The maximum Gasteiger partial charge on any atom is 0.143 e. The van der Waals surface area contributed by atoms with Gasteiger partial charge in [0.2, 0.25) is 0 Å². The number of nitrogens with zero attached hydrogens (tertiary/aromatic N) is 1. The van der Waals surface area contributed by atoms with Gasteiger partial charge < -0.3 is 9.84 Å². The summed E-state index contributed by atoms with van der Waals surface area (Å²) in [7, 11) is 1.64. The standard InChI is InChI=1S/C17H25NO2/c1-20-15-7-4-10-18-16(15)17(19)14-9-8-12-5-2-3-6-13(12)11-14/h4,7,10,12-14,17,19H,2-3,5-6,8-9,11H2,1H3. The van der Waals surface area contributed by atoms with Crippen molar-refractivity contribution in [2.75, 3.05) is 7.11 Å². The number of methoxy groups -OCH3 is 1. The smallest absolute Gasteiger partial charge is 0.143 e. The Hall–Kier alpha value is -1.09. The minimum atomic E-state index is -0.478. The molecule has 2 fully saturated rings. The van der Waals surface area contributed by atoms with E-state index in [1.807, 2.05) is 12.1 Å². The van der Waals surface area contributed by atoms with Gasteiger partial charge in [-0.1, -0.05) is 25.7 Å². The zero-order valence-electron chi connectivity index (χ0n) is 12.3. The van der Waals surface area contributed by atoms with Crippen molar-refractivity contribution < 1.29 is 9.84 Å². The summed E-state index contributed by atoms with van der Waals surface area (Å²) in [5.41, 5.74) is 0.717. The molecule has 20 heavy (non-hydrogen) atoms. The summed E-state index contributed by atoms with van der Waals surface area (Å²) in [5, 5.41) is 10.7. The fourth-order valence-electron chi connectivity index (χ4n) is 4.22. The van der Waals surface area contributed by atoms with Gasteiger partial charge in [0.15, 0.2) is 0 Å². The summed E-state index contributed by atoms with van der Waals surface area (Å²) in [5.74, 6) is 2.80. The van der Waals surface area contributed by atoms with Gasteiger partial charge in [-0.25, -0.2) is 0 Å². The normalized spacial score (nSPS) is 31.4. The van der Waals surface area contributed by atoms with Crippen LogP contribution >= 0.6 is 0 Å². The first-order valence-corrected chi connectivity index (χ1v) is 7.96. The quantitative estimate of drug-likeness (QED) is 0.914. The number of ether oxygens (including phenoxy) is 1. The Balaban J connectivity index is 1.72. The Bertz CT molecular complexity index is 448. The first-order valence-electron chi connectivity index (χ1n) is 7.96. The number of aliphatic hydroxyl groups is 1. The number of hydrogen-bond acceptors (Lipinski definition) is 3. The van der Waals surface area contributed by atoms with Crippen molar-refractivity contribution in [2.24, 2.45) is 17.8 Å². The molecule has 1 N–H and O–H groups in total. The van der Waals surface area contributed by atoms with Gasteiger partial charge in [0.1, 0.15) is 17.5 Å². The summed E-state index contributed by atoms with van der Waals surface area (Å²) >= 11 is 0. The third kappa shape index (κ3) is 2.69. The van der Waals surface area contributed by atoms with Crippen LogP contribution in [0.2, 0.25) is 0 Å². The Morgan fingerprint density at radius 3 is 2.80 bits per heavy atom. The highest BCUT2D eigenvalue weighted by Gasteiger charge is 2.36. The molecule has 3 nitrogen and oxygen atoms in total. The average Bonchev–Trinajstić information content (AvgIpc) is 2.53. The molecule has 2 aliphatic rings. The van der Waals surface area contributed by atoms with E-state index in [1.165, 1.54) is 32.1 Å². The third-order valence-corrected chi connectivity index (χ3v) is 5.33. The molecule has 0 saturated heterocycles. The number of aromatic nitrogens is 1. The Labute approximate surface area is 121 Å². The summed E-state index contributed by atoms with van der Waals surface area (Å²) < 4.78 is 5.34. The second-order valence-corrected chi connectivity index (χ2v) is 6.41. The lowest BCUT2D eigenvalue weighted by Crippen LogP contribution is -2.30. The number of aliphatic hydroxyl groups excluding tert-OH is 1. The summed E-state index contributed by atoms with van der Waals surface area (Å²) in [6.07, 6.45) is 10.4. The van der Waals surface area contributed by atoms with E-state index in [4.69, 9.17) is 4.74 Å². The zero-order chi connectivity index (χ0) is 13.9. The molecule has 1 aromatic rings. The van der Waals surface area contributed by atoms with Crippen LogP contribution in [-0.2, 0) is 0 Å². The van der Waals surface area contributed by atoms with Crippen LogP contribution in [0.4, 0.5) is 0 Å². The van der Waals surface area contributed by atoms with Crippen LogP contribution in [0.5, 0.6) is 5.75 Å². The number of rotatable bonds is 3. The molecule has 3 heteroatoms. The minimum Gasteiger partial charge on any atom is -0.495 e. The molecular weight excluding hydrogens is 250 g/mol. The van der Waals surface area contributed by atoms with E-state index in [2.05, 4.69) is 4.98 Å². The van der Waals surface area contributed by atoms with Gasteiger partial charge in [0.25, 0.3) is 0 Å². The molecule has 4 unspecified atom stereocenters. The highest BCUT2D eigenvalue weighted by atomic mass is 16.5. The average molecular weight is 275 g/mol. The minimum absolute atomic E-state index is 0.346. The molecule has 4 atom stereocenters. The van der Waals surface area contributed by atoms with E-state index in [0.29, 0.717) is 17.4 Å². The summed E-state index contributed by atoms with van der Waals surface area (Å²) in [4.78, 5) is 4.35. The highest BCUT2D eigenvalue weighted by Crippen LogP contribution is 2.46. The molecule has 3 rings (SSSR count). The molecule has 1 aromatic heterocycles. The van der Waals surface area contributed by atoms with Crippen molar-refractivity contribution in [1.29, 1.82) is 0 Å². The highest BCUT2D eigenvalue weighted by molar-refractivity contribution is 5.29. The molecule has 0 amide bonds. The molecule has 2 saturated carbocycles. The molecule has 0 aromatic carbocycles. The Morgan fingerprint density at radius 1 is 1.20 bits per heavy atom. The van der Waals surface area contributed by atoms with Crippen LogP contribution in [0.1, 0.15) is 56.7 Å². The van der Waals surface area contributed by atoms with Crippen LogP contribution in [0.25, 0.3) is 0 Å². The van der Waals surface area contributed by atoms with Gasteiger partial charge in [-0.3, -0.25) is 4.98 Å². The summed E-state index contributed by atoms with van der Waals surface area (Å²) in [6.45, 7) is 0. The molecule has 0 bridgehead atoms. The Morgan fingerprint density at radius 2 is 2.00 bits per heavy atom. The van der Waals surface area contributed by atoms with Gasteiger partial charge >= 0.3 is 0 Å². The summed E-state index contributed by atoms with van der Waals surface area (Å²) in [6, 6.07) is 3.74. The van der Waals surface area contributed by atoms with Gasteiger partial charge in [0, 0.05) is 6.20 Å². The van der Waals surface area contributed by atoms with E-state index < -0.39 is 6.10 Å². The fourth-order valence-corrected chi connectivity index (χ4v) is 4.22. The predicted molar refractivity (Wildman–Crippen MR) is 78.5 cm³/mol. The van der Waals surface area contributed by atoms with Crippen molar-refractivity contribution >= 4 is 0 Å². The monoisotopic (exact) mass is 275 g/mol. The molecule has 0 aliphatic heterocycles. The largest absolute Gasteiger partial charge is 0.495 e. The van der Waals surface area contributed by atoms with Crippen LogP contribution in [0, 0.1) is 17.8 Å². The first-order chi connectivity index (χ1) is 9.79. The van der Waals surface area contributed by atoms with E-state index in [9.17, 15) is 5.11 Å². The number of hydrogen-bond donors (Lipinski definition) is 1. The Kier molecular flexibility index (Phi) is 4.25. The van der Waals surface area contributed by atoms with Crippen molar-refractivity contribution in [3.05, 3.63) is 24.0 Å². The maximum atomic E-state index is 10.7. The SMILES string of the molecule is COc1cccnc1C(O)C1CCC2CCCCC2C1. The maximum absolute atomic E-state index is 10.7. The van der Waals surface area contributed by atoms with Gasteiger partial charge in [-0.2, -0.15) is 0 Å².